The Bertz CT molecular complexity index is 3500. The quantitative estimate of drug-likeness (QED) is 0.140. The lowest BCUT2D eigenvalue weighted by Gasteiger charge is -2.36. The molecule has 2 aliphatic rings. The fraction of sp³-hybridized carbons (Fsp3) is 0.0294. The van der Waals surface area contributed by atoms with Crippen LogP contribution in [0.25, 0.3) is 44.5 Å². The number of benzene rings is 11. The van der Waals surface area contributed by atoms with Crippen molar-refractivity contribution in [3.05, 3.63) is 330 Å². The molecule has 1 nitrogen and oxygen atoms in total. The van der Waals surface area contributed by atoms with E-state index in [0.717, 1.165) is 39.3 Å². The van der Waals surface area contributed by atoms with Crippen molar-refractivity contribution in [3.8, 4) is 44.5 Å². The van der Waals surface area contributed by atoms with Gasteiger partial charge in [0.25, 0.3) is 0 Å². The number of hydrogen-bond acceptors (Lipinski definition) is 1. The number of hydrogen-bond donors (Lipinski definition) is 0. The number of anilines is 3. The highest BCUT2D eigenvalue weighted by atomic mass is 15.1. The molecule has 0 N–H and O–H groups in total. The molecule has 0 spiro atoms. The molecule has 0 amide bonds. The number of fused-ring (bicyclic) bond motifs is 6. The summed E-state index contributed by atoms with van der Waals surface area (Å²) < 4.78 is 0. The zero-order valence-electron chi connectivity index (χ0n) is 38.1. The van der Waals surface area contributed by atoms with Crippen LogP contribution in [0.1, 0.15) is 44.5 Å². The lowest BCUT2D eigenvalue weighted by Crippen LogP contribution is -2.29. The van der Waals surface area contributed by atoms with Gasteiger partial charge in [-0.05, 0) is 102 Å². The van der Waals surface area contributed by atoms with Crippen LogP contribution in [0.4, 0.5) is 17.1 Å². The smallest absolute Gasteiger partial charge is 0.0714 e. The molecule has 2 aliphatic carbocycles. The van der Waals surface area contributed by atoms with E-state index in [-0.39, 0.29) is 0 Å². The van der Waals surface area contributed by atoms with E-state index < -0.39 is 10.8 Å². The first-order chi connectivity index (χ1) is 34.3. The monoisotopic (exact) mass is 877 g/mol. The molecule has 0 saturated heterocycles. The fourth-order valence-electron chi connectivity index (χ4n) is 12.0. The minimum absolute atomic E-state index is 0.515. The van der Waals surface area contributed by atoms with Crippen LogP contribution in [-0.2, 0) is 10.8 Å². The van der Waals surface area contributed by atoms with E-state index in [4.69, 9.17) is 0 Å². The molecule has 0 heterocycles. The predicted octanol–water partition coefficient (Wildman–Crippen LogP) is 17.2. The Morgan fingerprint density at radius 1 is 0.217 bits per heavy atom. The fourth-order valence-corrected chi connectivity index (χ4v) is 12.0. The summed E-state index contributed by atoms with van der Waals surface area (Å²) >= 11 is 0. The maximum absolute atomic E-state index is 2.56. The second-order valence-electron chi connectivity index (χ2n) is 18.3. The van der Waals surface area contributed by atoms with E-state index in [1.807, 2.05) is 0 Å². The third-order valence-electron chi connectivity index (χ3n) is 14.8. The predicted molar refractivity (Wildman–Crippen MR) is 287 cm³/mol. The Hall–Kier alpha value is -8.78. The van der Waals surface area contributed by atoms with Crippen LogP contribution in [0.15, 0.2) is 285 Å². The minimum Gasteiger partial charge on any atom is -0.309 e. The molecule has 0 aliphatic heterocycles. The maximum atomic E-state index is 2.56. The van der Waals surface area contributed by atoms with E-state index >= 15 is 0 Å². The topological polar surface area (TPSA) is 3.24 Å². The number of rotatable bonds is 9. The Morgan fingerprint density at radius 3 is 1.03 bits per heavy atom. The van der Waals surface area contributed by atoms with Crippen LogP contribution < -0.4 is 4.90 Å². The van der Waals surface area contributed by atoms with Gasteiger partial charge in [-0.25, -0.2) is 0 Å². The van der Waals surface area contributed by atoms with Gasteiger partial charge in [0.2, 0.25) is 0 Å². The Morgan fingerprint density at radius 2 is 0.551 bits per heavy atom. The maximum Gasteiger partial charge on any atom is 0.0714 e. The molecule has 0 saturated carbocycles. The van der Waals surface area contributed by atoms with Crippen LogP contribution in [0, 0.1) is 0 Å². The van der Waals surface area contributed by atoms with E-state index in [1.54, 1.807) is 0 Å². The van der Waals surface area contributed by atoms with Gasteiger partial charge in [-0.1, -0.05) is 261 Å². The normalized spacial score (nSPS) is 13.4. The van der Waals surface area contributed by atoms with Gasteiger partial charge < -0.3 is 4.90 Å². The highest BCUT2D eigenvalue weighted by Crippen LogP contribution is 2.60. The van der Waals surface area contributed by atoms with Crippen molar-refractivity contribution in [1.82, 2.24) is 0 Å². The van der Waals surface area contributed by atoms with Crippen molar-refractivity contribution in [3.63, 3.8) is 0 Å². The van der Waals surface area contributed by atoms with Crippen molar-refractivity contribution >= 4 is 17.1 Å². The average molecular weight is 878 g/mol. The van der Waals surface area contributed by atoms with Crippen molar-refractivity contribution in [2.24, 2.45) is 0 Å². The molecule has 11 aromatic rings. The molecule has 11 aromatic carbocycles. The van der Waals surface area contributed by atoms with Crippen LogP contribution in [0.5, 0.6) is 0 Å². The Balaban J connectivity index is 1.14. The standard InChI is InChI=1S/C68H47N/c1-7-24-48(25-8-1)56-38-23-39-57(49-26-9-2-10-27-49)66(56)69(54-43-45-64-61(46-54)59-37-20-22-41-63(59)67(64,50-28-11-3-12-29-50)51-30-13-4-14-31-51)55-42-44-60-58-36-19-21-40-62(58)68(65(60)47-55,52-32-15-5-16-33-52)53-34-17-6-18-35-53/h1-47H. The molecule has 0 unspecified atom stereocenters. The Kier molecular flexibility index (Phi) is 9.70. The van der Waals surface area contributed by atoms with E-state index in [1.165, 1.54) is 66.8 Å². The molecule has 324 valence electrons. The minimum atomic E-state index is -0.570. The molecule has 0 atom stereocenters. The molecular formula is C68H47N. The molecule has 1 heteroatoms. The van der Waals surface area contributed by atoms with Gasteiger partial charge in [0.15, 0.2) is 0 Å². The summed E-state index contributed by atoms with van der Waals surface area (Å²) in [5.41, 5.74) is 22.0. The average Bonchev–Trinajstić information content (AvgIpc) is 3.90. The van der Waals surface area contributed by atoms with Gasteiger partial charge in [0, 0.05) is 22.5 Å². The lowest BCUT2D eigenvalue weighted by atomic mass is 9.67. The molecule has 0 bridgehead atoms. The van der Waals surface area contributed by atoms with E-state index in [0.29, 0.717) is 0 Å². The highest BCUT2D eigenvalue weighted by molar-refractivity contribution is 6.00. The molecular weight excluding hydrogens is 831 g/mol. The first kappa shape index (κ1) is 40.5. The number of para-hydroxylation sites is 1. The molecule has 0 radical (unpaired) electrons. The van der Waals surface area contributed by atoms with Gasteiger partial charge in [0.05, 0.1) is 16.5 Å². The summed E-state index contributed by atoms with van der Waals surface area (Å²) in [6.45, 7) is 0. The molecule has 13 rings (SSSR count). The zero-order valence-corrected chi connectivity index (χ0v) is 38.1. The SMILES string of the molecule is c1ccc(-c2cccc(-c3ccccc3)c2N(c2ccc3c(c2)-c2ccccc2C3(c2ccccc2)c2ccccc2)c2ccc3c(c2)C(c2ccccc2)(c2ccccc2)c2ccccc2-3)cc1. The van der Waals surface area contributed by atoms with Gasteiger partial charge in [-0.15, -0.1) is 0 Å². The summed E-state index contributed by atoms with van der Waals surface area (Å²) in [7, 11) is 0. The Labute approximate surface area is 404 Å². The second-order valence-corrected chi connectivity index (χ2v) is 18.3. The first-order valence-corrected chi connectivity index (χ1v) is 24.0. The van der Waals surface area contributed by atoms with Gasteiger partial charge >= 0.3 is 0 Å². The van der Waals surface area contributed by atoms with Crippen molar-refractivity contribution < 1.29 is 0 Å². The van der Waals surface area contributed by atoms with Crippen LogP contribution in [-0.4, -0.2) is 0 Å². The first-order valence-electron chi connectivity index (χ1n) is 24.0. The number of nitrogens with zero attached hydrogens (tertiary/aromatic N) is 1. The van der Waals surface area contributed by atoms with Crippen molar-refractivity contribution in [2.75, 3.05) is 4.90 Å². The summed E-state index contributed by atoms with van der Waals surface area (Å²) in [6, 6.07) is 106. The van der Waals surface area contributed by atoms with Crippen LogP contribution in [0.3, 0.4) is 0 Å². The molecule has 0 aromatic heterocycles. The largest absolute Gasteiger partial charge is 0.309 e. The lowest BCUT2D eigenvalue weighted by molar-refractivity contribution is 0.768. The van der Waals surface area contributed by atoms with Crippen LogP contribution in [0.2, 0.25) is 0 Å². The second kappa shape index (κ2) is 16.5. The summed E-state index contributed by atoms with van der Waals surface area (Å²) in [5.74, 6) is 0. The van der Waals surface area contributed by atoms with Crippen LogP contribution >= 0.6 is 0 Å². The highest BCUT2D eigenvalue weighted by Gasteiger charge is 2.48. The van der Waals surface area contributed by atoms with Gasteiger partial charge in [0.1, 0.15) is 0 Å². The third-order valence-corrected chi connectivity index (χ3v) is 14.8. The van der Waals surface area contributed by atoms with Crippen molar-refractivity contribution in [1.29, 1.82) is 0 Å². The van der Waals surface area contributed by atoms with Gasteiger partial charge in [-0.3, -0.25) is 0 Å². The summed E-state index contributed by atoms with van der Waals surface area (Å²) in [5, 5.41) is 0. The molecule has 0 fully saturated rings. The third kappa shape index (κ3) is 6.17. The van der Waals surface area contributed by atoms with Crippen molar-refractivity contribution in [2.45, 2.75) is 10.8 Å². The van der Waals surface area contributed by atoms with Gasteiger partial charge in [-0.2, -0.15) is 0 Å². The van der Waals surface area contributed by atoms with E-state index in [9.17, 15) is 0 Å². The summed E-state index contributed by atoms with van der Waals surface area (Å²) in [4.78, 5) is 2.56. The van der Waals surface area contributed by atoms with E-state index in [2.05, 4.69) is 290 Å². The molecule has 69 heavy (non-hydrogen) atoms. The summed E-state index contributed by atoms with van der Waals surface area (Å²) in [6.07, 6.45) is 0. The zero-order chi connectivity index (χ0) is 45.8.